The molecule has 1 N–H and O–H groups in total. The van der Waals surface area contributed by atoms with Crippen molar-refractivity contribution >= 4 is 26.4 Å². The molecular formula is C16H21FN4O2S. The molecule has 6 nitrogen and oxygen atoms in total. The highest BCUT2D eigenvalue weighted by atomic mass is 32.2. The van der Waals surface area contributed by atoms with Crippen molar-refractivity contribution in [3.05, 3.63) is 24.5 Å². The van der Waals surface area contributed by atoms with Crippen LogP contribution in [0.2, 0.25) is 0 Å². The van der Waals surface area contributed by atoms with Gasteiger partial charge >= 0.3 is 0 Å². The summed E-state index contributed by atoms with van der Waals surface area (Å²) in [5.41, 5.74) is 0.602. The quantitative estimate of drug-likeness (QED) is 0.895. The van der Waals surface area contributed by atoms with E-state index in [1.807, 2.05) is 6.07 Å². The Morgan fingerprint density at radius 3 is 2.79 bits per heavy atom. The third kappa shape index (κ3) is 3.75. The van der Waals surface area contributed by atoms with E-state index in [4.69, 9.17) is 9.52 Å². The average molecular weight is 352 g/mol. The number of hydrogen-bond donors (Lipinski definition) is 1. The number of halogens is 1. The highest BCUT2D eigenvalue weighted by Crippen LogP contribution is 2.31. The van der Waals surface area contributed by atoms with Gasteiger partial charge in [-0.2, -0.15) is 0 Å². The SMILES string of the molecule is CS(=N)(=O)CC1CCN(c2ncnc3c(OCF)cccc23)CC1. The minimum atomic E-state index is -2.45. The fourth-order valence-electron chi connectivity index (χ4n) is 3.24. The molecule has 0 aliphatic carbocycles. The maximum absolute atomic E-state index is 12.5. The third-order valence-electron chi connectivity index (χ3n) is 4.28. The van der Waals surface area contributed by atoms with Gasteiger partial charge in [-0.15, -0.1) is 0 Å². The first-order valence-electron chi connectivity index (χ1n) is 7.87. The van der Waals surface area contributed by atoms with Crippen molar-refractivity contribution < 1.29 is 13.3 Å². The Hall–Kier alpha value is -1.96. The van der Waals surface area contributed by atoms with Crippen LogP contribution in [0, 0.1) is 10.7 Å². The lowest BCUT2D eigenvalue weighted by Crippen LogP contribution is -2.36. The number of nitrogens with one attached hydrogen (secondary N) is 1. The summed E-state index contributed by atoms with van der Waals surface area (Å²) in [7, 11) is -2.45. The largest absolute Gasteiger partial charge is 0.461 e. The van der Waals surface area contributed by atoms with Crippen LogP contribution in [0.1, 0.15) is 12.8 Å². The molecular weight excluding hydrogens is 331 g/mol. The first kappa shape index (κ1) is 16.9. The Kier molecular flexibility index (Phi) is 4.84. The zero-order valence-corrected chi connectivity index (χ0v) is 14.4. The van der Waals surface area contributed by atoms with Crippen molar-refractivity contribution in [3.8, 4) is 5.75 Å². The van der Waals surface area contributed by atoms with Gasteiger partial charge in [-0.25, -0.2) is 14.4 Å². The lowest BCUT2D eigenvalue weighted by molar-refractivity contribution is 0.193. The van der Waals surface area contributed by atoms with E-state index in [-0.39, 0.29) is 0 Å². The van der Waals surface area contributed by atoms with Crippen LogP contribution in [-0.4, -0.2) is 46.1 Å². The number of benzene rings is 1. The molecule has 1 atom stereocenters. The lowest BCUT2D eigenvalue weighted by Gasteiger charge is -2.33. The number of aromatic nitrogens is 2. The van der Waals surface area contributed by atoms with Crippen LogP contribution < -0.4 is 9.64 Å². The van der Waals surface area contributed by atoms with Gasteiger partial charge in [0.05, 0.1) is 0 Å². The predicted octanol–water partition coefficient (Wildman–Crippen LogP) is 2.83. The number of para-hydroxylation sites is 1. The van der Waals surface area contributed by atoms with Gasteiger partial charge in [0.15, 0.2) is 0 Å². The standard InChI is InChI=1S/C16H21FN4O2S/c1-24(18,22)9-12-5-7-21(8-6-12)16-13-3-2-4-14(23-10-17)15(13)19-11-20-16/h2-4,11-12,18H,5-10H2,1H3. The van der Waals surface area contributed by atoms with Crippen molar-refractivity contribution in [2.75, 3.05) is 36.9 Å². The van der Waals surface area contributed by atoms with E-state index in [9.17, 15) is 8.60 Å². The summed E-state index contributed by atoms with van der Waals surface area (Å²) in [6, 6.07) is 5.40. The molecule has 0 saturated carbocycles. The minimum absolute atomic E-state index is 0.315. The molecule has 0 radical (unpaired) electrons. The molecule has 0 bridgehead atoms. The smallest absolute Gasteiger partial charge is 0.228 e. The van der Waals surface area contributed by atoms with E-state index >= 15 is 0 Å². The molecule has 1 unspecified atom stereocenters. The van der Waals surface area contributed by atoms with E-state index in [1.165, 1.54) is 12.6 Å². The van der Waals surface area contributed by atoms with Crippen LogP contribution in [-0.2, 0) is 9.73 Å². The van der Waals surface area contributed by atoms with Gasteiger partial charge in [-0.05, 0) is 30.9 Å². The Balaban J connectivity index is 1.82. The highest BCUT2D eigenvalue weighted by molar-refractivity contribution is 7.91. The second-order valence-corrected chi connectivity index (χ2v) is 8.55. The fraction of sp³-hybridized carbons (Fsp3) is 0.500. The van der Waals surface area contributed by atoms with Crippen LogP contribution in [0.4, 0.5) is 10.2 Å². The maximum atomic E-state index is 12.5. The summed E-state index contributed by atoms with van der Waals surface area (Å²) in [5.74, 6) is 1.99. The summed E-state index contributed by atoms with van der Waals surface area (Å²) >= 11 is 0. The Morgan fingerprint density at radius 1 is 1.38 bits per heavy atom. The van der Waals surface area contributed by atoms with Gasteiger partial charge in [-0.3, -0.25) is 8.99 Å². The molecule has 0 spiro atoms. The van der Waals surface area contributed by atoms with Crippen LogP contribution >= 0.6 is 0 Å². The number of nitrogens with zero attached hydrogens (tertiary/aromatic N) is 3. The molecule has 1 aromatic heterocycles. The molecule has 2 heterocycles. The second-order valence-electron chi connectivity index (χ2n) is 6.21. The molecule has 1 saturated heterocycles. The number of anilines is 1. The first-order chi connectivity index (χ1) is 11.5. The lowest BCUT2D eigenvalue weighted by atomic mass is 9.98. The van der Waals surface area contributed by atoms with Crippen LogP contribution in [0.5, 0.6) is 5.75 Å². The third-order valence-corrected chi connectivity index (χ3v) is 5.39. The summed E-state index contributed by atoms with van der Waals surface area (Å²) in [5, 5.41) is 0.835. The molecule has 1 fully saturated rings. The Labute approximate surface area is 141 Å². The van der Waals surface area contributed by atoms with E-state index < -0.39 is 16.6 Å². The molecule has 0 amide bonds. The van der Waals surface area contributed by atoms with Gasteiger partial charge < -0.3 is 9.64 Å². The molecule has 1 aliphatic rings. The molecule has 1 aromatic carbocycles. The van der Waals surface area contributed by atoms with Gasteiger partial charge in [0.1, 0.15) is 23.4 Å². The van der Waals surface area contributed by atoms with Gasteiger partial charge in [0.2, 0.25) is 6.86 Å². The molecule has 1 aliphatic heterocycles. The summed E-state index contributed by atoms with van der Waals surface area (Å²) in [4.78, 5) is 10.8. The molecule has 2 aromatic rings. The zero-order chi connectivity index (χ0) is 17.2. The van der Waals surface area contributed by atoms with Crippen molar-refractivity contribution in [2.45, 2.75) is 12.8 Å². The number of ether oxygens (including phenoxy) is 1. The number of piperidine rings is 1. The monoisotopic (exact) mass is 352 g/mol. The van der Waals surface area contributed by atoms with E-state index in [0.29, 0.717) is 22.9 Å². The van der Waals surface area contributed by atoms with Crippen LogP contribution in [0.25, 0.3) is 10.9 Å². The number of rotatable bonds is 5. The zero-order valence-electron chi connectivity index (χ0n) is 13.6. The molecule has 130 valence electrons. The van der Waals surface area contributed by atoms with E-state index in [2.05, 4.69) is 14.9 Å². The predicted molar refractivity (Wildman–Crippen MR) is 92.7 cm³/mol. The fourth-order valence-corrected chi connectivity index (χ4v) is 4.47. The molecule has 24 heavy (non-hydrogen) atoms. The van der Waals surface area contributed by atoms with Crippen molar-refractivity contribution in [1.82, 2.24) is 9.97 Å². The van der Waals surface area contributed by atoms with Gasteiger partial charge in [0, 0.05) is 40.2 Å². The van der Waals surface area contributed by atoms with E-state index in [1.54, 1.807) is 12.1 Å². The number of fused-ring (bicyclic) bond motifs is 1. The van der Waals surface area contributed by atoms with Crippen LogP contribution in [0.15, 0.2) is 24.5 Å². The molecule has 3 rings (SSSR count). The second kappa shape index (κ2) is 6.88. The van der Waals surface area contributed by atoms with Crippen molar-refractivity contribution in [3.63, 3.8) is 0 Å². The summed E-state index contributed by atoms with van der Waals surface area (Å²) in [6.07, 6.45) is 4.74. The van der Waals surface area contributed by atoms with Gasteiger partial charge in [0.25, 0.3) is 0 Å². The summed E-state index contributed by atoms with van der Waals surface area (Å²) < 4.78 is 36.8. The number of hydrogen-bond acceptors (Lipinski definition) is 6. The van der Waals surface area contributed by atoms with Crippen molar-refractivity contribution in [2.24, 2.45) is 5.92 Å². The Morgan fingerprint density at radius 2 is 2.12 bits per heavy atom. The van der Waals surface area contributed by atoms with Gasteiger partial charge in [-0.1, -0.05) is 6.07 Å². The van der Waals surface area contributed by atoms with Crippen molar-refractivity contribution in [1.29, 1.82) is 4.78 Å². The maximum Gasteiger partial charge on any atom is 0.228 e. The Bertz CT molecular complexity index is 820. The average Bonchev–Trinajstić information content (AvgIpc) is 2.54. The normalized spacial score (nSPS) is 18.5. The van der Waals surface area contributed by atoms with Crippen LogP contribution in [0.3, 0.4) is 0 Å². The minimum Gasteiger partial charge on any atom is -0.461 e. The molecule has 8 heteroatoms. The van der Waals surface area contributed by atoms with E-state index in [0.717, 1.165) is 37.1 Å². The highest BCUT2D eigenvalue weighted by Gasteiger charge is 2.23. The topological polar surface area (TPSA) is 79.2 Å². The first-order valence-corrected chi connectivity index (χ1v) is 10.0. The number of alkyl halides is 1. The summed E-state index contributed by atoms with van der Waals surface area (Å²) in [6.45, 7) is 0.689.